The van der Waals surface area contributed by atoms with E-state index < -0.39 is 5.82 Å². The van der Waals surface area contributed by atoms with Crippen molar-refractivity contribution in [3.05, 3.63) is 41.5 Å². The van der Waals surface area contributed by atoms with E-state index >= 15 is 0 Å². The largest absolute Gasteiger partial charge is 0.436 e. The molecule has 8 heteroatoms. The summed E-state index contributed by atoms with van der Waals surface area (Å²) in [7, 11) is 1.81. The number of pyridine rings is 1. The molecule has 2 heterocycles. The Labute approximate surface area is 160 Å². The van der Waals surface area contributed by atoms with Crippen molar-refractivity contribution in [3.63, 3.8) is 0 Å². The minimum Gasteiger partial charge on any atom is -0.436 e. The number of hydrogen-bond donors (Lipinski definition) is 1. The number of aryl methyl sites for hydroxylation is 2. The second kappa shape index (κ2) is 6.93. The predicted molar refractivity (Wildman–Crippen MR) is 100 cm³/mol. The number of carbonyl (C=O) groups is 1. The van der Waals surface area contributed by atoms with Crippen LogP contribution in [0.4, 0.5) is 10.2 Å². The van der Waals surface area contributed by atoms with Gasteiger partial charge in [0.05, 0.1) is 23.5 Å². The zero-order valence-corrected chi connectivity index (χ0v) is 15.5. The van der Waals surface area contributed by atoms with E-state index in [0.717, 1.165) is 18.9 Å². The standard InChI is InChI=1S/C20H18FN5O2/c1-3-12-6-11(9-22)7-14(21)18(12)28-16-8-15-17(23-10-26(15)2)19(24-16)25-20(27)13-4-5-13/h6-8,10,13H,3-5H2,1-2H3,(H,24,25,27). The third kappa shape index (κ3) is 3.27. The molecule has 4 rings (SSSR count). The van der Waals surface area contributed by atoms with Crippen molar-refractivity contribution in [1.29, 1.82) is 5.26 Å². The molecule has 0 radical (unpaired) electrons. The summed E-state index contributed by atoms with van der Waals surface area (Å²) >= 11 is 0. The number of nitriles is 1. The van der Waals surface area contributed by atoms with Gasteiger partial charge in [-0.15, -0.1) is 0 Å². The van der Waals surface area contributed by atoms with Gasteiger partial charge in [-0.3, -0.25) is 4.79 Å². The van der Waals surface area contributed by atoms with Crippen LogP contribution in [0.5, 0.6) is 11.6 Å². The highest BCUT2D eigenvalue weighted by Gasteiger charge is 2.30. The smallest absolute Gasteiger partial charge is 0.228 e. The molecule has 28 heavy (non-hydrogen) atoms. The van der Waals surface area contributed by atoms with Crippen LogP contribution in [0.2, 0.25) is 0 Å². The Morgan fingerprint density at radius 1 is 1.43 bits per heavy atom. The number of nitrogens with one attached hydrogen (secondary N) is 1. The second-order valence-corrected chi connectivity index (χ2v) is 6.81. The van der Waals surface area contributed by atoms with Crippen LogP contribution in [0, 0.1) is 23.1 Å². The van der Waals surface area contributed by atoms with E-state index in [0.29, 0.717) is 23.0 Å². The van der Waals surface area contributed by atoms with Gasteiger partial charge in [-0.2, -0.15) is 10.2 Å². The highest BCUT2D eigenvalue weighted by Crippen LogP contribution is 2.34. The summed E-state index contributed by atoms with van der Waals surface area (Å²) < 4.78 is 22.1. The number of anilines is 1. The monoisotopic (exact) mass is 379 g/mol. The molecule has 2 aromatic heterocycles. The van der Waals surface area contributed by atoms with Crippen LogP contribution in [0.25, 0.3) is 11.0 Å². The predicted octanol–water partition coefficient (Wildman–Crippen LogP) is 3.68. The molecule has 1 aliphatic rings. The maximum Gasteiger partial charge on any atom is 0.228 e. The maximum absolute atomic E-state index is 14.5. The fraction of sp³-hybridized carbons (Fsp3) is 0.300. The fourth-order valence-corrected chi connectivity index (χ4v) is 3.00. The van der Waals surface area contributed by atoms with Gasteiger partial charge >= 0.3 is 0 Å². The summed E-state index contributed by atoms with van der Waals surface area (Å²) in [6, 6.07) is 6.31. The molecule has 0 bridgehead atoms. The van der Waals surface area contributed by atoms with Crippen LogP contribution in [-0.2, 0) is 18.3 Å². The summed E-state index contributed by atoms with van der Waals surface area (Å²) in [4.78, 5) is 20.9. The molecular formula is C20H18FN5O2. The molecule has 0 aliphatic heterocycles. The first-order chi connectivity index (χ1) is 13.5. The average molecular weight is 379 g/mol. The van der Waals surface area contributed by atoms with Gasteiger partial charge in [0, 0.05) is 19.0 Å². The lowest BCUT2D eigenvalue weighted by Crippen LogP contribution is -2.15. The van der Waals surface area contributed by atoms with E-state index in [4.69, 9.17) is 10.00 Å². The summed E-state index contributed by atoms with van der Waals surface area (Å²) in [5.74, 6) is -0.276. The maximum atomic E-state index is 14.5. The van der Waals surface area contributed by atoms with Gasteiger partial charge in [-0.25, -0.2) is 9.37 Å². The van der Waals surface area contributed by atoms with Gasteiger partial charge < -0.3 is 14.6 Å². The molecule has 1 saturated carbocycles. The zero-order chi connectivity index (χ0) is 19.8. The molecule has 3 aromatic rings. The van der Waals surface area contributed by atoms with Crippen molar-refractivity contribution in [2.45, 2.75) is 26.2 Å². The van der Waals surface area contributed by atoms with Crippen LogP contribution in [0.3, 0.4) is 0 Å². The van der Waals surface area contributed by atoms with Crippen LogP contribution in [0.15, 0.2) is 24.5 Å². The highest BCUT2D eigenvalue weighted by atomic mass is 19.1. The van der Waals surface area contributed by atoms with E-state index in [1.165, 1.54) is 0 Å². The SMILES string of the molecule is CCc1cc(C#N)cc(F)c1Oc1cc2c(ncn2C)c(NC(=O)C2CC2)n1. The molecule has 0 unspecified atom stereocenters. The van der Waals surface area contributed by atoms with Crippen molar-refractivity contribution in [1.82, 2.24) is 14.5 Å². The van der Waals surface area contributed by atoms with Gasteiger partial charge in [0.2, 0.25) is 11.8 Å². The number of nitrogens with zero attached hydrogens (tertiary/aromatic N) is 4. The molecule has 0 saturated heterocycles. The van der Waals surface area contributed by atoms with E-state index in [1.807, 2.05) is 20.0 Å². The first-order valence-electron chi connectivity index (χ1n) is 9.03. The van der Waals surface area contributed by atoms with Crippen LogP contribution < -0.4 is 10.1 Å². The van der Waals surface area contributed by atoms with Crippen molar-refractivity contribution < 1.29 is 13.9 Å². The Balaban J connectivity index is 1.76. The quantitative estimate of drug-likeness (QED) is 0.730. The molecule has 0 atom stereocenters. The van der Waals surface area contributed by atoms with Crippen LogP contribution >= 0.6 is 0 Å². The third-order valence-electron chi connectivity index (χ3n) is 4.72. The van der Waals surface area contributed by atoms with Crippen LogP contribution in [-0.4, -0.2) is 20.4 Å². The summed E-state index contributed by atoms with van der Waals surface area (Å²) in [6.07, 6.45) is 3.83. The van der Waals surface area contributed by atoms with Gasteiger partial charge in [-0.1, -0.05) is 6.92 Å². The summed E-state index contributed by atoms with van der Waals surface area (Å²) in [5, 5.41) is 11.8. The number of amides is 1. The normalized spacial score (nSPS) is 13.4. The molecule has 1 N–H and O–H groups in total. The van der Waals surface area contributed by atoms with Crippen molar-refractivity contribution in [2.24, 2.45) is 13.0 Å². The number of hydrogen-bond acceptors (Lipinski definition) is 5. The Bertz CT molecular complexity index is 1130. The molecule has 0 spiro atoms. The van der Waals surface area contributed by atoms with Gasteiger partial charge in [0.25, 0.3) is 0 Å². The van der Waals surface area contributed by atoms with Gasteiger partial charge in [0.1, 0.15) is 5.52 Å². The molecule has 1 fully saturated rings. The van der Waals surface area contributed by atoms with Crippen molar-refractivity contribution in [2.75, 3.05) is 5.32 Å². The lowest BCUT2D eigenvalue weighted by molar-refractivity contribution is -0.117. The number of rotatable bonds is 5. The molecular weight excluding hydrogens is 361 g/mol. The van der Waals surface area contributed by atoms with Crippen molar-refractivity contribution >= 4 is 22.8 Å². The molecule has 1 aliphatic carbocycles. The van der Waals surface area contributed by atoms with Gasteiger partial charge in [0.15, 0.2) is 17.4 Å². The molecule has 1 amide bonds. The third-order valence-corrected chi connectivity index (χ3v) is 4.72. The minimum absolute atomic E-state index is 0.00722. The number of halogens is 1. The van der Waals surface area contributed by atoms with E-state index in [9.17, 15) is 9.18 Å². The fourth-order valence-electron chi connectivity index (χ4n) is 3.00. The average Bonchev–Trinajstić information content (AvgIpc) is 3.47. The lowest BCUT2D eigenvalue weighted by Gasteiger charge is -2.13. The Morgan fingerprint density at radius 3 is 2.89 bits per heavy atom. The van der Waals surface area contributed by atoms with E-state index in [1.54, 1.807) is 23.0 Å². The summed E-state index contributed by atoms with van der Waals surface area (Å²) in [6.45, 7) is 1.85. The topological polar surface area (TPSA) is 92.8 Å². The Kier molecular flexibility index (Phi) is 4.43. The molecule has 7 nitrogen and oxygen atoms in total. The number of benzene rings is 1. The van der Waals surface area contributed by atoms with Crippen LogP contribution in [0.1, 0.15) is 30.9 Å². The molecule has 1 aromatic carbocycles. The lowest BCUT2D eigenvalue weighted by atomic mass is 10.1. The van der Waals surface area contributed by atoms with E-state index in [-0.39, 0.29) is 34.8 Å². The number of imidazole rings is 1. The first kappa shape index (κ1) is 17.9. The Hall–Kier alpha value is -3.47. The first-order valence-corrected chi connectivity index (χ1v) is 9.03. The number of fused-ring (bicyclic) bond motifs is 1. The number of carbonyl (C=O) groups excluding carboxylic acids is 1. The number of aromatic nitrogens is 3. The Morgan fingerprint density at radius 2 is 2.21 bits per heavy atom. The highest BCUT2D eigenvalue weighted by molar-refractivity contribution is 6.00. The molecule has 142 valence electrons. The minimum atomic E-state index is -0.633. The van der Waals surface area contributed by atoms with E-state index in [2.05, 4.69) is 15.3 Å². The van der Waals surface area contributed by atoms with Gasteiger partial charge in [-0.05, 0) is 37.0 Å². The summed E-state index contributed by atoms with van der Waals surface area (Å²) in [5.41, 5.74) is 2.03. The number of ether oxygens (including phenoxy) is 1. The zero-order valence-electron chi connectivity index (χ0n) is 15.5. The second-order valence-electron chi connectivity index (χ2n) is 6.81. The van der Waals surface area contributed by atoms with Crippen molar-refractivity contribution in [3.8, 4) is 17.7 Å².